The van der Waals surface area contributed by atoms with E-state index in [-0.39, 0.29) is 25.7 Å². The molecule has 1 rings (SSSR count). The molecule has 1 heterocycles. The molecule has 0 N–H and O–H groups in total. The van der Waals surface area contributed by atoms with Gasteiger partial charge in [-0.25, -0.2) is 4.79 Å². The first-order valence-corrected chi connectivity index (χ1v) is 9.43. The standard InChI is InChI=1S/C18H28O11/c1-6-10(19)24-14-15(25-11(20)7-2)17(23-5)27-18(29-28-13(22)9-4)16(14)26-12(21)8-3/h14-18H,6-9H2,1-5H3/t14-,15-,16-,17+,18-/m1/s1. The smallest absolute Gasteiger partial charge is 0.342 e. The fourth-order valence-corrected chi connectivity index (χ4v) is 2.30. The lowest BCUT2D eigenvalue weighted by Gasteiger charge is -2.42. The van der Waals surface area contributed by atoms with E-state index in [1.807, 2.05) is 0 Å². The van der Waals surface area contributed by atoms with Crippen LogP contribution < -0.4 is 0 Å². The largest absolute Gasteiger partial charge is 0.454 e. The number of hydrogen-bond acceptors (Lipinski definition) is 11. The molecule has 11 nitrogen and oxygen atoms in total. The Kier molecular flexibility index (Phi) is 10.6. The minimum absolute atomic E-state index is 0.000464. The van der Waals surface area contributed by atoms with Crippen molar-refractivity contribution in [2.45, 2.75) is 84.3 Å². The van der Waals surface area contributed by atoms with Crippen molar-refractivity contribution >= 4 is 23.9 Å². The van der Waals surface area contributed by atoms with E-state index in [4.69, 9.17) is 28.6 Å². The zero-order valence-electron chi connectivity index (χ0n) is 17.2. The maximum atomic E-state index is 12.0. The van der Waals surface area contributed by atoms with Crippen LogP contribution in [0.15, 0.2) is 0 Å². The van der Waals surface area contributed by atoms with Gasteiger partial charge >= 0.3 is 23.9 Å². The Morgan fingerprint density at radius 2 is 1.07 bits per heavy atom. The summed E-state index contributed by atoms with van der Waals surface area (Å²) in [6.45, 7) is 6.24. The van der Waals surface area contributed by atoms with Gasteiger partial charge in [0, 0.05) is 32.8 Å². The van der Waals surface area contributed by atoms with E-state index in [1.54, 1.807) is 27.7 Å². The van der Waals surface area contributed by atoms with Crippen molar-refractivity contribution < 1.29 is 52.6 Å². The van der Waals surface area contributed by atoms with E-state index in [1.165, 1.54) is 7.11 Å². The lowest BCUT2D eigenvalue weighted by atomic mass is 10.0. The minimum atomic E-state index is -1.49. The maximum absolute atomic E-state index is 12.0. The van der Waals surface area contributed by atoms with Crippen molar-refractivity contribution in [1.29, 1.82) is 0 Å². The van der Waals surface area contributed by atoms with E-state index >= 15 is 0 Å². The van der Waals surface area contributed by atoms with Crippen LogP contribution in [0.5, 0.6) is 0 Å². The molecule has 1 aliphatic rings. The summed E-state index contributed by atoms with van der Waals surface area (Å²) >= 11 is 0. The van der Waals surface area contributed by atoms with Gasteiger partial charge in [0.2, 0.25) is 12.6 Å². The van der Waals surface area contributed by atoms with E-state index in [9.17, 15) is 19.2 Å². The van der Waals surface area contributed by atoms with Crippen LogP contribution in [-0.2, 0) is 52.6 Å². The Morgan fingerprint density at radius 3 is 1.48 bits per heavy atom. The normalized spacial score (nSPS) is 26.3. The Hall–Kier alpha value is -2.24. The highest BCUT2D eigenvalue weighted by Crippen LogP contribution is 2.30. The number of carbonyl (C=O) groups excluding carboxylic acids is 4. The van der Waals surface area contributed by atoms with Gasteiger partial charge in [-0.15, -0.1) is 4.89 Å². The summed E-state index contributed by atoms with van der Waals surface area (Å²) in [5, 5.41) is 0. The van der Waals surface area contributed by atoms with E-state index in [0.29, 0.717) is 0 Å². The molecule has 0 bridgehead atoms. The second-order valence-corrected chi connectivity index (χ2v) is 5.94. The number of esters is 3. The van der Waals surface area contributed by atoms with Crippen LogP contribution in [0.2, 0.25) is 0 Å². The number of methoxy groups -OCH3 is 1. The Balaban J connectivity index is 3.25. The van der Waals surface area contributed by atoms with Gasteiger partial charge in [-0.2, -0.15) is 0 Å². The molecule has 1 fully saturated rings. The number of ether oxygens (including phenoxy) is 5. The first-order chi connectivity index (χ1) is 13.8. The van der Waals surface area contributed by atoms with Gasteiger partial charge in [0.1, 0.15) is 0 Å². The molecule has 29 heavy (non-hydrogen) atoms. The molecule has 0 aromatic carbocycles. The minimum Gasteiger partial charge on any atom is -0.454 e. The van der Waals surface area contributed by atoms with Gasteiger partial charge in [-0.3, -0.25) is 19.3 Å². The predicted molar refractivity (Wildman–Crippen MR) is 93.7 cm³/mol. The number of carbonyl (C=O) groups is 4. The Morgan fingerprint density at radius 1 is 0.655 bits per heavy atom. The van der Waals surface area contributed by atoms with Crippen LogP contribution in [0.25, 0.3) is 0 Å². The third-order valence-corrected chi connectivity index (χ3v) is 3.88. The van der Waals surface area contributed by atoms with Gasteiger partial charge < -0.3 is 23.7 Å². The average Bonchev–Trinajstić information content (AvgIpc) is 2.73. The van der Waals surface area contributed by atoms with Gasteiger partial charge in [0.05, 0.1) is 0 Å². The Bertz CT molecular complexity index is 576. The SMILES string of the molecule is CCC(=O)OO[C@H]1O[C@H](OC)[C@H](OC(=O)CC)[C@@H](OC(=O)CC)[C@H]1OC(=O)CC. The molecule has 0 unspecified atom stereocenters. The van der Waals surface area contributed by atoms with Crippen LogP contribution in [0.3, 0.4) is 0 Å². The van der Waals surface area contributed by atoms with Crippen molar-refractivity contribution in [3.8, 4) is 0 Å². The molecule has 5 atom stereocenters. The highest BCUT2D eigenvalue weighted by molar-refractivity contribution is 5.71. The fourth-order valence-electron chi connectivity index (χ4n) is 2.30. The van der Waals surface area contributed by atoms with Crippen LogP contribution >= 0.6 is 0 Å². The van der Waals surface area contributed by atoms with Crippen LogP contribution in [-0.4, -0.2) is 61.9 Å². The summed E-state index contributed by atoms with van der Waals surface area (Å²) in [7, 11) is 1.27. The van der Waals surface area contributed by atoms with E-state index < -0.39 is 54.8 Å². The summed E-state index contributed by atoms with van der Waals surface area (Å²) in [5.41, 5.74) is 0. The molecule has 0 saturated carbocycles. The molecule has 1 saturated heterocycles. The van der Waals surface area contributed by atoms with Gasteiger partial charge in [0.25, 0.3) is 0 Å². The van der Waals surface area contributed by atoms with Gasteiger partial charge in [0.15, 0.2) is 18.3 Å². The molecule has 0 aromatic rings. The van der Waals surface area contributed by atoms with Crippen LogP contribution in [0, 0.1) is 0 Å². The van der Waals surface area contributed by atoms with Crippen molar-refractivity contribution in [2.24, 2.45) is 0 Å². The number of hydrogen-bond donors (Lipinski definition) is 0. The second kappa shape index (κ2) is 12.3. The molecular formula is C18H28O11. The highest BCUT2D eigenvalue weighted by atomic mass is 17.2. The third kappa shape index (κ3) is 7.26. The molecule has 0 aliphatic carbocycles. The monoisotopic (exact) mass is 420 g/mol. The summed E-state index contributed by atoms with van der Waals surface area (Å²) in [5.74, 6) is -2.63. The first kappa shape index (κ1) is 24.8. The second-order valence-electron chi connectivity index (χ2n) is 5.94. The first-order valence-electron chi connectivity index (χ1n) is 9.43. The molecule has 11 heteroatoms. The lowest BCUT2D eigenvalue weighted by Crippen LogP contribution is -2.62. The lowest BCUT2D eigenvalue weighted by molar-refractivity contribution is -0.425. The maximum Gasteiger partial charge on any atom is 0.342 e. The van der Waals surface area contributed by atoms with E-state index in [0.717, 1.165) is 0 Å². The molecule has 0 radical (unpaired) electrons. The van der Waals surface area contributed by atoms with Crippen molar-refractivity contribution in [2.75, 3.05) is 7.11 Å². The highest BCUT2D eigenvalue weighted by Gasteiger charge is 2.54. The molecule has 0 amide bonds. The average molecular weight is 420 g/mol. The molecule has 0 aromatic heterocycles. The Labute approximate surface area is 168 Å². The zero-order valence-corrected chi connectivity index (χ0v) is 17.2. The molecule has 0 spiro atoms. The summed E-state index contributed by atoms with van der Waals surface area (Å²) in [4.78, 5) is 56.9. The third-order valence-electron chi connectivity index (χ3n) is 3.88. The number of rotatable bonds is 10. The fraction of sp³-hybridized carbons (Fsp3) is 0.778. The molecule has 1 aliphatic heterocycles. The van der Waals surface area contributed by atoms with Gasteiger partial charge in [-0.05, 0) is 0 Å². The van der Waals surface area contributed by atoms with Crippen LogP contribution in [0.4, 0.5) is 0 Å². The molecule has 166 valence electrons. The van der Waals surface area contributed by atoms with Gasteiger partial charge in [-0.1, -0.05) is 27.7 Å². The summed E-state index contributed by atoms with van der Waals surface area (Å²) in [6.07, 6.45) is -6.63. The van der Waals surface area contributed by atoms with E-state index in [2.05, 4.69) is 4.89 Å². The van der Waals surface area contributed by atoms with Crippen molar-refractivity contribution in [3.63, 3.8) is 0 Å². The van der Waals surface area contributed by atoms with Crippen molar-refractivity contribution in [3.05, 3.63) is 0 Å². The van der Waals surface area contributed by atoms with Crippen LogP contribution in [0.1, 0.15) is 53.4 Å². The topological polar surface area (TPSA) is 133 Å². The van der Waals surface area contributed by atoms with Crippen molar-refractivity contribution in [1.82, 2.24) is 0 Å². The quantitative estimate of drug-likeness (QED) is 0.218. The zero-order chi connectivity index (χ0) is 22.0. The summed E-state index contributed by atoms with van der Waals surface area (Å²) in [6, 6.07) is 0. The molecular weight excluding hydrogens is 392 g/mol. The summed E-state index contributed by atoms with van der Waals surface area (Å²) < 4.78 is 26.7. The predicted octanol–water partition coefficient (Wildman–Crippen LogP) is 1.17.